The number of aliphatic hydroxyl groups excluding tert-OH is 1. The summed E-state index contributed by atoms with van der Waals surface area (Å²) in [5.41, 5.74) is 3.06. The first-order valence-corrected chi connectivity index (χ1v) is 7.21. The van der Waals surface area contributed by atoms with Crippen LogP contribution in [0, 0.1) is 6.92 Å². The first-order valence-electron chi connectivity index (χ1n) is 7.21. The number of urea groups is 1. The van der Waals surface area contributed by atoms with Crippen LogP contribution in [0.3, 0.4) is 0 Å². The van der Waals surface area contributed by atoms with Crippen LogP contribution >= 0.6 is 0 Å². The van der Waals surface area contributed by atoms with Gasteiger partial charge in [0, 0.05) is 18.3 Å². The molecule has 0 aromatic heterocycles. The molecular formula is C16H26N2O2. The van der Waals surface area contributed by atoms with Crippen LogP contribution in [0.5, 0.6) is 0 Å². The Hall–Kier alpha value is -1.55. The van der Waals surface area contributed by atoms with Gasteiger partial charge in [0.25, 0.3) is 0 Å². The zero-order valence-electron chi connectivity index (χ0n) is 13.1. The number of hydrogen-bond acceptors (Lipinski definition) is 2. The van der Waals surface area contributed by atoms with Crippen molar-refractivity contribution in [2.45, 2.75) is 53.2 Å². The summed E-state index contributed by atoms with van der Waals surface area (Å²) in [6.07, 6.45) is 0.334. The predicted molar refractivity (Wildman–Crippen MR) is 83.1 cm³/mol. The maximum absolute atomic E-state index is 12.4. The maximum atomic E-state index is 12.4. The van der Waals surface area contributed by atoms with Crippen LogP contribution in [-0.2, 0) is 6.42 Å². The van der Waals surface area contributed by atoms with Gasteiger partial charge in [0.1, 0.15) is 0 Å². The van der Waals surface area contributed by atoms with Crippen molar-refractivity contribution in [1.29, 1.82) is 0 Å². The van der Waals surface area contributed by atoms with E-state index in [0.717, 1.165) is 23.2 Å². The molecule has 0 bridgehead atoms. The Labute approximate surface area is 121 Å². The highest BCUT2D eigenvalue weighted by molar-refractivity contribution is 5.91. The third kappa shape index (κ3) is 4.23. The summed E-state index contributed by atoms with van der Waals surface area (Å²) >= 11 is 0. The Balaban J connectivity index is 2.93. The van der Waals surface area contributed by atoms with Crippen LogP contribution in [0.2, 0.25) is 0 Å². The van der Waals surface area contributed by atoms with E-state index in [9.17, 15) is 9.90 Å². The molecule has 1 atom stereocenters. The van der Waals surface area contributed by atoms with E-state index in [1.807, 2.05) is 39.0 Å². The summed E-state index contributed by atoms with van der Waals surface area (Å²) in [5.74, 6) is 0. The van der Waals surface area contributed by atoms with Crippen LogP contribution < -0.4 is 5.32 Å². The van der Waals surface area contributed by atoms with Crippen LogP contribution in [0.25, 0.3) is 0 Å². The van der Waals surface area contributed by atoms with E-state index < -0.39 is 6.10 Å². The van der Waals surface area contributed by atoms with Crippen molar-refractivity contribution in [2.24, 2.45) is 0 Å². The Kier molecular flexibility index (Phi) is 6.02. The lowest BCUT2D eigenvalue weighted by molar-refractivity contribution is 0.125. The van der Waals surface area contributed by atoms with Crippen LogP contribution in [-0.4, -0.2) is 34.7 Å². The fourth-order valence-electron chi connectivity index (χ4n) is 2.19. The van der Waals surface area contributed by atoms with Gasteiger partial charge in [-0.15, -0.1) is 0 Å². The zero-order chi connectivity index (χ0) is 15.3. The molecule has 0 aliphatic rings. The topological polar surface area (TPSA) is 52.6 Å². The molecular weight excluding hydrogens is 252 g/mol. The molecule has 1 unspecified atom stereocenters. The average molecular weight is 278 g/mol. The molecule has 0 spiro atoms. The van der Waals surface area contributed by atoms with E-state index in [2.05, 4.69) is 12.2 Å². The smallest absolute Gasteiger partial charge is 0.322 e. The van der Waals surface area contributed by atoms with Crippen molar-refractivity contribution in [3.63, 3.8) is 0 Å². The molecule has 0 saturated heterocycles. The minimum Gasteiger partial charge on any atom is -0.392 e. The summed E-state index contributed by atoms with van der Waals surface area (Å²) in [7, 11) is 0. The van der Waals surface area contributed by atoms with Gasteiger partial charge >= 0.3 is 6.03 Å². The second-order valence-electron chi connectivity index (χ2n) is 5.49. The predicted octanol–water partition coefficient (Wildman–Crippen LogP) is 3.18. The number of hydrogen-bond donors (Lipinski definition) is 2. The fraction of sp³-hybridized carbons (Fsp3) is 0.562. The molecule has 1 rings (SSSR count). The van der Waals surface area contributed by atoms with Gasteiger partial charge in [0.2, 0.25) is 0 Å². The molecule has 0 aliphatic carbocycles. The lowest BCUT2D eigenvalue weighted by Crippen LogP contribution is -2.44. The number of nitrogens with one attached hydrogen (secondary N) is 1. The molecule has 1 aromatic rings. The Morgan fingerprint density at radius 3 is 2.50 bits per heavy atom. The van der Waals surface area contributed by atoms with Crippen molar-refractivity contribution in [3.05, 3.63) is 29.3 Å². The van der Waals surface area contributed by atoms with E-state index in [4.69, 9.17) is 0 Å². The lowest BCUT2D eigenvalue weighted by atomic mass is 10.1. The summed E-state index contributed by atoms with van der Waals surface area (Å²) in [4.78, 5) is 14.1. The number of rotatable bonds is 5. The number of anilines is 1. The van der Waals surface area contributed by atoms with Gasteiger partial charge < -0.3 is 15.3 Å². The number of carbonyl (C=O) groups is 1. The van der Waals surface area contributed by atoms with Gasteiger partial charge in [0.15, 0.2) is 0 Å². The molecule has 1 aromatic carbocycles. The quantitative estimate of drug-likeness (QED) is 0.869. The Morgan fingerprint density at radius 1 is 1.35 bits per heavy atom. The van der Waals surface area contributed by atoms with Gasteiger partial charge in [0.05, 0.1) is 6.10 Å². The van der Waals surface area contributed by atoms with Crippen molar-refractivity contribution in [2.75, 3.05) is 11.9 Å². The van der Waals surface area contributed by atoms with E-state index in [1.54, 1.807) is 11.8 Å². The summed E-state index contributed by atoms with van der Waals surface area (Å²) in [6.45, 7) is 9.97. The maximum Gasteiger partial charge on any atom is 0.322 e. The zero-order valence-corrected chi connectivity index (χ0v) is 13.1. The number of aliphatic hydroxyl groups is 1. The van der Waals surface area contributed by atoms with E-state index in [0.29, 0.717) is 6.54 Å². The second kappa shape index (κ2) is 7.29. The third-order valence-corrected chi connectivity index (χ3v) is 3.32. The van der Waals surface area contributed by atoms with Crippen molar-refractivity contribution in [1.82, 2.24) is 4.90 Å². The van der Waals surface area contributed by atoms with Crippen molar-refractivity contribution >= 4 is 11.7 Å². The summed E-state index contributed by atoms with van der Waals surface area (Å²) in [6, 6.07) is 5.89. The number of carbonyl (C=O) groups excluding carboxylic acids is 1. The molecule has 2 amide bonds. The highest BCUT2D eigenvalue weighted by Gasteiger charge is 2.20. The minimum absolute atomic E-state index is 0.0405. The largest absolute Gasteiger partial charge is 0.392 e. The number of nitrogens with zero attached hydrogens (tertiary/aromatic N) is 1. The Morgan fingerprint density at radius 2 is 2.00 bits per heavy atom. The summed E-state index contributed by atoms with van der Waals surface area (Å²) < 4.78 is 0. The van der Waals surface area contributed by atoms with E-state index in [1.165, 1.54) is 0 Å². The molecule has 112 valence electrons. The second-order valence-corrected chi connectivity index (χ2v) is 5.49. The molecule has 2 N–H and O–H groups in total. The molecule has 0 radical (unpaired) electrons. The van der Waals surface area contributed by atoms with Gasteiger partial charge in [-0.05, 0) is 45.2 Å². The molecule has 0 saturated carbocycles. The minimum atomic E-state index is -0.536. The third-order valence-electron chi connectivity index (χ3n) is 3.32. The highest BCUT2D eigenvalue weighted by Crippen LogP contribution is 2.21. The number of benzene rings is 1. The van der Waals surface area contributed by atoms with Gasteiger partial charge in [-0.3, -0.25) is 0 Å². The fourth-order valence-corrected chi connectivity index (χ4v) is 2.19. The number of para-hydroxylation sites is 1. The summed E-state index contributed by atoms with van der Waals surface area (Å²) in [5, 5.41) is 12.5. The Bertz CT molecular complexity index is 456. The lowest BCUT2D eigenvalue weighted by Gasteiger charge is -2.29. The van der Waals surface area contributed by atoms with Crippen LogP contribution in [0.15, 0.2) is 18.2 Å². The van der Waals surface area contributed by atoms with Crippen molar-refractivity contribution < 1.29 is 9.90 Å². The van der Waals surface area contributed by atoms with Gasteiger partial charge in [-0.1, -0.05) is 25.1 Å². The SMILES string of the molecule is CCc1cccc(C)c1NC(=O)N(CC(C)O)C(C)C. The standard InChI is InChI=1S/C16H26N2O2/c1-6-14-9-7-8-12(4)15(14)17-16(20)18(11(2)3)10-13(5)19/h7-9,11,13,19H,6,10H2,1-5H3,(H,17,20). The average Bonchev–Trinajstić information content (AvgIpc) is 2.37. The van der Waals surface area contributed by atoms with E-state index in [-0.39, 0.29) is 12.1 Å². The van der Waals surface area contributed by atoms with Crippen molar-refractivity contribution in [3.8, 4) is 0 Å². The molecule has 0 heterocycles. The monoisotopic (exact) mass is 278 g/mol. The van der Waals surface area contributed by atoms with Crippen LogP contribution in [0.4, 0.5) is 10.5 Å². The molecule has 0 aliphatic heterocycles. The van der Waals surface area contributed by atoms with E-state index >= 15 is 0 Å². The van der Waals surface area contributed by atoms with Gasteiger partial charge in [-0.2, -0.15) is 0 Å². The molecule has 4 heteroatoms. The first-order chi connectivity index (χ1) is 9.36. The van der Waals surface area contributed by atoms with Gasteiger partial charge in [-0.25, -0.2) is 4.79 Å². The highest BCUT2D eigenvalue weighted by atomic mass is 16.3. The van der Waals surface area contributed by atoms with Crippen LogP contribution in [0.1, 0.15) is 38.8 Å². The molecule has 20 heavy (non-hydrogen) atoms. The molecule has 4 nitrogen and oxygen atoms in total. The molecule has 0 fully saturated rings. The first kappa shape index (κ1) is 16.5. The number of amides is 2. The normalized spacial score (nSPS) is 12.3. The number of aryl methyl sites for hydroxylation is 2.